The van der Waals surface area contributed by atoms with Crippen molar-refractivity contribution in [2.75, 3.05) is 13.1 Å². The van der Waals surface area contributed by atoms with Crippen LogP contribution in [0.25, 0.3) is 0 Å². The van der Waals surface area contributed by atoms with E-state index in [4.69, 9.17) is 0 Å². The maximum atomic E-state index is 12.2. The zero-order valence-electron chi connectivity index (χ0n) is 15.2. The Balaban J connectivity index is 2.47. The second-order valence-electron chi connectivity index (χ2n) is 7.94. The largest absolute Gasteiger partial charge is 0.352 e. The highest BCUT2D eigenvalue weighted by atomic mass is 16.1. The molecule has 0 spiro atoms. The molecule has 1 amide bonds. The third-order valence-corrected chi connectivity index (χ3v) is 3.38. The van der Waals surface area contributed by atoms with Crippen molar-refractivity contribution >= 4 is 11.7 Å². The molecule has 0 aliphatic heterocycles. The zero-order valence-corrected chi connectivity index (χ0v) is 15.2. The highest BCUT2D eigenvalue weighted by Gasteiger charge is 2.22. The fraction of sp³-hybridized carbons (Fsp3) is 0.579. The van der Waals surface area contributed by atoms with Crippen LogP contribution in [0.5, 0.6) is 0 Å². The summed E-state index contributed by atoms with van der Waals surface area (Å²) >= 11 is 0. The molecular formula is C19H30N2O2. The number of carbonyl (C=O) groups is 2. The number of Topliss-reactive ketones (excluding diaryl/α,β-unsaturated/α-hetero) is 1. The Hall–Kier alpha value is -1.68. The summed E-state index contributed by atoms with van der Waals surface area (Å²) in [5.41, 5.74) is 0.908. The van der Waals surface area contributed by atoms with Crippen LogP contribution in [0.1, 0.15) is 68.7 Å². The predicted octanol–water partition coefficient (Wildman–Crippen LogP) is 3.42. The third kappa shape index (κ3) is 6.95. The first kappa shape index (κ1) is 19.4. The van der Waals surface area contributed by atoms with Gasteiger partial charge in [-0.05, 0) is 45.9 Å². The van der Waals surface area contributed by atoms with E-state index in [2.05, 4.69) is 31.4 Å². The van der Waals surface area contributed by atoms with Crippen molar-refractivity contribution in [1.29, 1.82) is 0 Å². The van der Waals surface area contributed by atoms with Gasteiger partial charge in [0.25, 0.3) is 5.91 Å². The van der Waals surface area contributed by atoms with Gasteiger partial charge in [-0.2, -0.15) is 0 Å². The predicted molar refractivity (Wildman–Crippen MR) is 94.9 cm³/mol. The van der Waals surface area contributed by atoms with Crippen LogP contribution in [-0.4, -0.2) is 30.3 Å². The van der Waals surface area contributed by atoms with Gasteiger partial charge in [-0.1, -0.05) is 32.9 Å². The van der Waals surface area contributed by atoms with Crippen molar-refractivity contribution in [3.8, 4) is 0 Å². The minimum Gasteiger partial charge on any atom is -0.352 e. The molecule has 0 radical (unpaired) electrons. The smallest absolute Gasteiger partial charge is 0.251 e. The third-order valence-electron chi connectivity index (χ3n) is 3.38. The lowest BCUT2D eigenvalue weighted by atomic mass is 9.86. The van der Waals surface area contributed by atoms with Crippen LogP contribution in [-0.2, 0) is 0 Å². The standard InChI is InChI=1S/C19H30N2O2/c1-18(2,3)16(22)14-8-10-15(11-9-14)17(23)20-12-7-13-21-19(4,5)6/h8-11,21H,7,12-13H2,1-6H3,(H,20,23). The van der Waals surface area contributed by atoms with Crippen molar-refractivity contribution in [2.24, 2.45) is 5.41 Å². The Morgan fingerprint density at radius 3 is 1.87 bits per heavy atom. The SMILES string of the molecule is CC(C)(C)NCCCNC(=O)c1ccc(C(=O)C(C)(C)C)cc1. The van der Waals surface area contributed by atoms with Crippen molar-refractivity contribution < 1.29 is 9.59 Å². The zero-order chi connectivity index (χ0) is 17.7. The van der Waals surface area contributed by atoms with Crippen molar-refractivity contribution in [2.45, 2.75) is 53.5 Å². The lowest BCUT2D eigenvalue weighted by Gasteiger charge is -2.20. The van der Waals surface area contributed by atoms with Crippen LogP contribution in [0.2, 0.25) is 0 Å². The van der Waals surface area contributed by atoms with Gasteiger partial charge in [-0.25, -0.2) is 0 Å². The molecule has 0 unspecified atom stereocenters. The molecule has 1 aromatic carbocycles. The normalized spacial score (nSPS) is 12.1. The first-order valence-electron chi connectivity index (χ1n) is 8.19. The van der Waals surface area contributed by atoms with Crippen LogP contribution < -0.4 is 10.6 Å². The summed E-state index contributed by atoms with van der Waals surface area (Å²) < 4.78 is 0. The molecule has 0 saturated carbocycles. The Morgan fingerprint density at radius 2 is 1.39 bits per heavy atom. The second kappa shape index (κ2) is 7.73. The van der Waals surface area contributed by atoms with Gasteiger partial charge < -0.3 is 10.6 Å². The second-order valence-corrected chi connectivity index (χ2v) is 7.94. The Morgan fingerprint density at radius 1 is 0.870 bits per heavy atom. The molecule has 0 heterocycles. The quantitative estimate of drug-likeness (QED) is 0.624. The monoisotopic (exact) mass is 318 g/mol. The number of benzene rings is 1. The molecule has 23 heavy (non-hydrogen) atoms. The highest BCUT2D eigenvalue weighted by molar-refractivity contribution is 6.01. The maximum Gasteiger partial charge on any atom is 0.251 e. The van der Waals surface area contributed by atoms with Crippen LogP contribution in [0.3, 0.4) is 0 Å². The van der Waals surface area contributed by atoms with Crippen molar-refractivity contribution in [3.63, 3.8) is 0 Å². The van der Waals surface area contributed by atoms with Crippen molar-refractivity contribution in [3.05, 3.63) is 35.4 Å². The fourth-order valence-electron chi connectivity index (χ4n) is 2.06. The van der Waals surface area contributed by atoms with Crippen LogP contribution in [0, 0.1) is 5.41 Å². The summed E-state index contributed by atoms with van der Waals surface area (Å²) in [6, 6.07) is 6.87. The summed E-state index contributed by atoms with van der Waals surface area (Å²) in [7, 11) is 0. The summed E-state index contributed by atoms with van der Waals surface area (Å²) in [6.07, 6.45) is 0.879. The topological polar surface area (TPSA) is 58.2 Å². The Labute approximate surface area is 140 Å². The lowest BCUT2D eigenvalue weighted by molar-refractivity contribution is 0.0857. The summed E-state index contributed by atoms with van der Waals surface area (Å²) in [5, 5.41) is 6.28. The molecule has 4 nitrogen and oxygen atoms in total. The molecule has 0 aliphatic carbocycles. The molecular weight excluding hydrogens is 288 g/mol. The molecule has 0 fully saturated rings. The van der Waals surface area contributed by atoms with Crippen molar-refractivity contribution in [1.82, 2.24) is 10.6 Å². The highest BCUT2D eigenvalue weighted by Crippen LogP contribution is 2.20. The average molecular weight is 318 g/mol. The van der Waals surface area contributed by atoms with Gasteiger partial charge >= 0.3 is 0 Å². The van der Waals surface area contributed by atoms with E-state index >= 15 is 0 Å². The van der Waals surface area contributed by atoms with E-state index in [-0.39, 0.29) is 17.2 Å². The fourth-order valence-corrected chi connectivity index (χ4v) is 2.06. The van der Waals surface area contributed by atoms with E-state index in [1.54, 1.807) is 24.3 Å². The number of carbonyl (C=O) groups excluding carboxylic acids is 2. The number of nitrogens with one attached hydrogen (secondary N) is 2. The molecule has 0 atom stereocenters. The molecule has 1 rings (SSSR count). The first-order chi connectivity index (χ1) is 10.5. The first-order valence-corrected chi connectivity index (χ1v) is 8.19. The molecule has 0 aromatic heterocycles. The summed E-state index contributed by atoms with van der Waals surface area (Å²) in [4.78, 5) is 24.2. The van der Waals surface area contributed by atoms with Gasteiger partial charge in [0.05, 0.1) is 0 Å². The molecule has 128 valence electrons. The van der Waals surface area contributed by atoms with E-state index in [9.17, 15) is 9.59 Å². The molecule has 0 saturated heterocycles. The number of hydrogen-bond acceptors (Lipinski definition) is 3. The number of rotatable bonds is 6. The van der Waals surface area contributed by atoms with Gasteiger partial charge in [0.2, 0.25) is 0 Å². The molecule has 4 heteroatoms. The van der Waals surface area contributed by atoms with E-state index in [1.807, 2.05) is 20.8 Å². The van der Waals surface area contributed by atoms with E-state index in [0.29, 0.717) is 17.7 Å². The van der Waals surface area contributed by atoms with E-state index in [1.165, 1.54) is 0 Å². The molecule has 1 aromatic rings. The van der Waals surface area contributed by atoms with Gasteiger partial charge in [-0.3, -0.25) is 9.59 Å². The summed E-state index contributed by atoms with van der Waals surface area (Å²) in [5.74, 6) is -0.0202. The number of amides is 1. The number of hydrogen-bond donors (Lipinski definition) is 2. The number of ketones is 1. The van der Waals surface area contributed by atoms with E-state index in [0.717, 1.165) is 13.0 Å². The van der Waals surface area contributed by atoms with Gasteiger partial charge in [0.15, 0.2) is 5.78 Å². The minimum absolute atomic E-state index is 0.0812. The van der Waals surface area contributed by atoms with Crippen LogP contribution in [0.4, 0.5) is 0 Å². The minimum atomic E-state index is -0.413. The van der Waals surface area contributed by atoms with Gasteiger partial charge in [0, 0.05) is 28.6 Å². The summed E-state index contributed by atoms with van der Waals surface area (Å²) in [6.45, 7) is 13.5. The van der Waals surface area contributed by atoms with E-state index < -0.39 is 5.41 Å². The van der Waals surface area contributed by atoms with Crippen LogP contribution >= 0.6 is 0 Å². The molecule has 0 bridgehead atoms. The maximum absolute atomic E-state index is 12.2. The van der Waals surface area contributed by atoms with Gasteiger partial charge in [0.1, 0.15) is 0 Å². The van der Waals surface area contributed by atoms with Crippen LogP contribution in [0.15, 0.2) is 24.3 Å². The lowest BCUT2D eigenvalue weighted by Crippen LogP contribution is -2.37. The molecule has 0 aliphatic rings. The average Bonchev–Trinajstić information content (AvgIpc) is 2.44. The Kier molecular flexibility index (Phi) is 6.51. The Bertz CT molecular complexity index is 534. The molecule has 2 N–H and O–H groups in total. The van der Waals surface area contributed by atoms with Gasteiger partial charge in [-0.15, -0.1) is 0 Å².